The van der Waals surface area contributed by atoms with E-state index in [0.717, 1.165) is 5.56 Å². The quantitative estimate of drug-likeness (QED) is 0.595. The minimum atomic E-state index is -0.274. The van der Waals surface area contributed by atoms with Gasteiger partial charge in [0.05, 0.1) is 26.9 Å². The number of rotatable bonds is 12. The zero-order chi connectivity index (χ0) is 17.1. The van der Waals surface area contributed by atoms with E-state index in [9.17, 15) is 0 Å². The van der Waals surface area contributed by atoms with Crippen LogP contribution in [0.3, 0.4) is 0 Å². The van der Waals surface area contributed by atoms with E-state index < -0.39 is 0 Å². The van der Waals surface area contributed by atoms with Crippen molar-refractivity contribution in [1.29, 1.82) is 0 Å². The molecule has 1 aromatic rings. The summed E-state index contributed by atoms with van der Waals surface area (Å²) in [5, 5.41) is 3.42. The first-order valence-corrected chi connectivity index (χ1v) is 7.87. The molecule has 23 heavy (non-hydrogen) atoms. The molecule has 132 valence electrons. The Morgan fingerprint density at radius 1 is 0.957 bits per heavy atom. The maximum atomic E-state index is 5.56. The van der Waals surface area contributed by atoms with Gasteiger partial charge in [-0.1, -0.05) is 6.07 Å². The van der Waals surface area contributed by atoms with Crippen LogP contribution >= 0.6 is 0 Å². The van der Waals surface area contributed by atoms with Crippen molar-refractivity contribution in [3.63, 3.8) is 0 Å². The van der Waals surface area contributed by atoms with Crippen LogP contribution in [0.25, 0.3) is 0 Å². The Morgan fingerprint density at radius 3 is 2.13 bits per heavy atom. The van der Waals surface area contributed by atoms with Crippen LogP contribution in [0.5, 0.6) is 11.5 Å². The van der Waals surface area contributed by atoms with Crippen LogP contribution in [-0.4, -0.2) is 54.0 Å². The number of ether oxygens (including phenoxy) is 5. The minimum absolute atomic E-state index is 0.00298. The van der Waals surface area contributed by atoms with E-state index in [-0.39, 0.29) is 12.3 Å². The van der Waals surface area contributed by atoms with Gasteiger partial charge >= 0.3 is 0 Å². The van der Waals surface area contributed by atoms with Crippen molar-refractivity contribution in [3.05, 3.63) is 23.8 Å². The van der Waals surface area contributed by atoms with Crippen molar-refractivity contribution in [2.45, 2.75) is 26.2 Å². The summed E-state index contributed by atoms with van der Waals surface area (Å²) in [4.78, 5) is 0. The highest BCUT2D eigenvalue weighted by Crippen LogP contribution is 2.30. The molecule has 1 atom stereocenters. The van der Waals surface area contributed by atoms with E-state index in [4.69, 9.17) is 23.7 Å². The Balaban J connectivity index is 2.80. The Kier molecular flexibility index (Phi) is 9.63. The van der Waals surface area contributed by atoms with Crippen LogP contribution in [0.1, 0.15) is 25.5 Å². The van der Waals surface area contributed by atoms with Crippen molar-refractivity contribution >= 4 is 0 Å². The Bertz CT molecular complexity index is 435. The molecule has 0 aromatic heterocycles. The fraction of sp³-hybridized carbons (Fsp3) is 0.647. The van der Waals surface area contributed by atoms with Crippen LogP contribution in [-0.2, 0) is 14.2 Å². The topological polar surface area (TPSA) is 58.2 Å². The van der Waals surface area contributed by atoms with E-state index in [1.165, 1.54) is 0 Å². The lowest BCUT2D eigenvalue weighted by molar-refractivity contribution is -0.134. The summed E-state index contributed by atoms with van der Waals surface area (Å²) in [6.45, 7) is 6.22. The van der Waals surface area contributed by atoms with Crippen LogP contribution < -0.4 is 14.8 Å². The second-order valence-electron chi connectivity index (χ2n) is 4.87. The third kappa shape index (κ3) is 6.35. The number of nitrogens with one attached hydrogen (secondary N) is 1. The molecule has 1 aromatic carbocycles. The standard InChI is InChI=1S/C17H29NO5/c1-6-22-17(23-7-2)11-18-14(12-19-3)13-8-9-15(20-4)16(10-13)21-5/h8-10,14,17-18H,6-7,11-12H2,1-5H3/t14-/m0/s1. The molecular formula is C17H29NO5. The molecular weight excluding hydrogens is 298 g/mol. The highest BCUT2D eigenvalue weighted by molar-refractivity contribution is 5.43. The smallest absolute Gasteiger partial charge is 0.169 e. The highest BCUT2D eigenvalue weighted by Gasteiger charge is 2.17. The summed E-state index contributed by atoms with van der Waals surface area (Å²) >= 11 is 0. The van der Waals surface area contributed by atoms with Gasteiger partial charge in [0.15, 0.2) is 17.8 Å². The highest BCUT2D eigenvalue weighted by atomic mass is 16.7. The molecule has 6 heteroatoms. The third-order valence-corrected chi connectivity index (χ3v) is 3.38. The summed E-state index contributed by atoms with van der Waals surface area (Å²) in [5.41, 5.74) is 1.05. The third-order valence-electron chi connectivity index (χ3n) is 3.38. The Labute approximate surface area is 139 Å². The number of hydrogen-bond donors (Lipinski definition) is 1. The molecule has 0 saturated carbocycles. The average molecular weight is 327 g/mol. The fourth-order valence-corrected chi connectivity index (χ4v) is 2.29. The molecule has 6 nitrogen and oxygen atoms in total. The van der Waals surface area contributed by atoms with Crippen LogP contribution in [0.2, 0.25) is 0 Å². The van der Waals surface area contributed by atoms with Crippen molar-refractivity contribution in [3.8, 4) is 11.5 Å². The second-order valence-corrected chi connectivity index (χ2v) is 4.87. The molecule has 0 amide bonds. The van der Waals surface area contributed by atoms with Gasteiger partial charge in [0.25, 0.3) is 0 Å². The molecule has 0 aliphatic rings. The van der Waals surface area contributed by atoms with E-state index in [0.29, 0.717) is 37.9 Å². The summed E-state index contributed by atoms with van der Waals surface area (Å²) in [5.74, 6) is 1.40. The van der Waals surface area contributed by atoms with Gasteiger partial charge in [-0.2, -0.15) is 0 Å². The van der Waals surface area contributed by atoms with E-state index >= 15 is 0 Å². The van der Waals surface area contributed by atoms with Gasteiger partial charge in [0, 0.05) is 26.9 Å². The van der Waals surface area contributed by atoms with E-state index in [2.05, 4.69) is 5.32 Å². The molecule has 0 heterocycles. The van der Waals surface area contributed by atoms with Gasteiger partial charge < -0.3 is 29.0 Å². The van der Waals surface area contributed by atoms with Crippen LogP contribution in [0.4, 0.5) is 0 Å². The maximum absolute atomic E-state index is 5.56. The molecule has 0 spiro atoms. The van der Waals surface area contributed by atoms with Gasteiger partial charge in [0.1, 0.15) is 0 Å². The number of methoxy groups -OCH3 is 3. The summed E-state index contributed by atoms with van der Waals surface area (Å²) in [6, 6.07) is 5.84. The van der Waals surface area contributed by atoms with Crippen molar-refractivity contribution in [1.82, 2.24) is 5.32 Å². The van der Waals surface area contributed by atoms with Gasteiger partial charge in [-0.05, 0) is 31.5 Å². The minimum Gasteiger partial charge on any atom is -0.493 e. The summed E-state index contributed by atoms with van der Waals surface area (Å²) < 4.78 is 27.1. The average Bonchev–Trinajstić information content (AvgIpc) is 2.58. The maximum Gasteiger partial charge on any atom is 0.169 e. The lowest BCUT2D eigenvalue weighted by Crippen LogP contribution is -2.35. The summed E-state index contributed by atoms with van der Waals surface area (Å²) in [7, 11) is 4.93. The second kappa shape index (κ2) is 11.2. The fourth-order valence-electron chi connectivity index (χ4n) is 2.29. The molecule has 0 unspecified atom stereocenters. The van der Waals surface area contributed by atoms with Crippen LogP contribution in [0.15, 0.2) is 18.2 Å². The summed E-state index contributed by atoms with van der Waals surface area (Å²) in [6.07, 6.45) is -0.274. The molecule has 0 bridgehead atoms. The van der Waals surface area contributed by atoms with E-state index in [1.807, 2.05) is 32.0 Å². The first kappa shape index (κ1) is 19.7. The molecule has 0 fully saturated rings. The molecule has 0 aliphatic heterocycles. The van der Waals surface area contributed by atoms with Crippen molar-refractivity contribution < 1.29 is 23.7 Å². The molecule has 1 rings (SSSR count). The number of benzene rings is 1. The lowest BCUT2D eigenvalue weighted by Gasteiger charge is -2.23. The van der Waals surface area contributed by atoms with Crippen molar-refractivity contribution in [2.24, 2.45) is 0 Å². The Hall–Kier alpha value is -1.34. The SMILES string of the molecule is CCOC(CN[C@@H](COC)c1ccc(OC)c(OC)c1)OCC. The normalized spacial score (nSPS) is 12.4. The predicted molar refractivity (Wildman–Crippen MR) is 89.2 cm³/mol. The predicted octanol–water partition coefficient (Wildman–Crippen LogP) is 2.38. The Morgan fingerprint density at radius 2 is 1.61 bits per heavy atom. The van der Waals surface area contributed by atoms with Gasteiger partial charge in [-0.15, -0.1) is 0 Å². The zero-order valence-electron chi connectivity index (χ0n) is 14.8. The number of hydrogen-bond acceptors (Lipinski definition) is 6. The van der Waals surface area contributed by atoms with Crippen LogP contribution in [0, 0.1) is 0 Å². The van der Waals surface area contributed by atoms with Gasteiger partial charge in [-0.25, -0.2) is 0 Å². The largest absolute Gasteiger partial charge is 0.493 e. The van der Waals surface area contributed by atoms with Crippen molar-refractivity contribution in [2.75, 3.05) is 47.7 Å². The molecule has 0 saturated heterocycles. The first-order valence-electron chi connectivity index (χ1n) is 7.87. The lowest BCUT2D eigenvalue weighted by atomic mass is 10.1. The molecule has 0 radical (unpaired) electrons. The zero-order valence-corrected chi connectivity index (χ0v) is 14.8. The van der Waals surface area contributed by atoms with Gasteiger partial charge in [0.2, 0.25) is 0 Å². The monoisotopic (exact) mass is 327 g/mol. The van der Waals surface area contributed by atoms with E-state index in [1.54, 1.807) is 21.3 Å². The first-order chi connectivity index (χ1) is 11.2. The molecule has 0 aliphatic carbocycles. The van der Waals surface area contributed by atoms with Gasteiger partial charge in [-0.3, -0.25) is 0 Å². The molecule has 1 N–H and O–H groups in total.